The normalized spacial score (nSPS) is 14.0. The third-order valence-electron chi connectivity index (χ3n) is 6.23. The molecule has 0 saturated carbocycles. The fraction of sp³-hybridized carbons (Fsp3) is 0.240. The van der Waals surface area contributed by atoms with Crippen LogP contribution in [0.2, 0.25) is 0 Å². The second kappa shape index (κ2) is 8.93. The number of imidazole rings is 1. The van der Waals surface area contributed by atoms with Gasteiger partial charge in [-0.15, -0.1) is 0 Å². The summed E-state index contributed by atoms with van der Waals surface area (Å²) in [6.07, 6.45) is 6.12. The zero-order valence-electron chi connectivity index (χ0n) is 19.9. The molecule has 0 atom stereocenters. The van der Waals surface area contributed by atoms with Crippen molar-refractivity contribution in [3.8, 4) is 16.9 Å². The number of aromatic nitrogens is 7. The van der Waals surface area contributed by atoms with Crippen LogP contribution >= 0.6 is 0 Å². The van der Waals surface area contributed by atoms with Gasteiger partial charge in [-0.25, -0.2) is 4.98 Å². The van der Waals surface area contributed by atoms with E-state index in [2.05, 4.69) is 26.0 Å². The summed E-state index contributed by atoms with van der Waals surface area (Å²) >= 11 is 0. The summed E-state index contributed by atoms with van der Waals surface area (Å²) in [4.78, 5) is 21.0. The number of anilines is 3. The van der Waals surface area contributed by atoms with Crippen molar-refractivity contribution < 1.29 is 4.74 Å². The average molecular weight is 483 g/mol. The van der Waals surface area contributed by atoms with Crippen molar-refractivity contribution in [3.63, 3.8) is 0 Å². The lowest BCUT2D eigenvalue weighted by Crippen LogP contribution is -2.37. The number of nitrogen functional groups attached to an aromatic ring is 2. The molecule has 1 saturated heterocycles. The first kappa shape index (κ1) is 22.0. The molecule has 0 spiro atoms. The zero-order valence-corrected chi connectivity index (χ0v) is 19.9. The first-order valence-electron chi connectivity index (χ1n) is 11.7. The minimum atomic E-state index is 0.349. The van der Waals surface area contributed by atoms with E-state index in [9.17, 15) is 0 Å². The summed E-state index contributed by atoms with van der Waals surface area (Å²) in [5, 5.41) is 4.36. The minimum Gasteiger partial charge on any atom is -0.399 e. The quantitative estimate of drug-likeness (QED) is 0.361. The first-order chi connectivity index (χ1) is 17.5. The Bertz CT molecular complexity index is 1520. The Morgan fingerprint density at radius 2 is 1.75 bits per heavy atom. The van der Waals surface area contributed by atoms with E-state index in [1.165, 1.54) is 0 Å². The second-order valence-electron chi connectivity index (χ2n) is 8.77. The van der Waals surface area contributed by atoms with Gasteiger partial charge in [0.15, 0.2) is 17.0 Å². The van der Waals surface area contributed by atoms with E-state index in [4.69, 9.17) is 26.2 Å². The van der Waals surface area contributed by atoms with Crippen molar-refractivity contribution in [1.29, 1.82) is 0 Å². The van der Waals surface area contributed by atoms with Crippen molar-refractivity contribution in [2.24, 2.45) is 7.05 Å². The number of hydrogen-bond acceptors (Lipinski definition) is 9. The van der Waals surface area contributed by atoms with Gasteiger partial charge in [0.25, 0.3) is 0 Å². The summed E-state index contributed by atoms with van der Waals surface area (Å²) in [6.45, 7) is 2.69. The molecule has 1 aliphatic heterocycles. The average Bonchev–Trinajstić information content (AvgIpc) is 3.48. The molecule has 182 valence electrons. The van der Waals surface area contributed by atoms with Gasteiger partial charge < -0.3 is 21.1 Å². The highest BCUT2D eigenvalue weighted by molar-refractivity contribution is 5.85. The molecular weight excluding hydrogens is 456 g/mol. The van der Waals surface area contributed by atoms with Gasteiger partial charge in [-0.1, -0.05) is 18.2 Å². The van der Waals surface area contributed by atoms with Crippen molar-refractivity contribution in [3.05, 3.63) is 66.4 Å². The van der Waals surface area contributed by atoms with Crippen LogP contribution in [0.15, 0.2) is 55.0 Å². The molecule has 4 N–H and O–H groups in total. The summed E-state index contributed by atoms with van der Waals surface area (Å²) in [5.41, 5.74) is 17.9. The molecule has 6 rings (SSSR count). The lowest BCUT2D eigenvalue weighted by molar-refractivity contribution is 0.122. The number of ether oxygens (including phenoxy) is 1. The molecule has 5 aromatic rings. The van der Waals surface area contributed by atoms with Gasteiger partial charge >= 0.3 is 0 Å². The van der Waals surface area contributed by atoms with Crippen LogP contribution < -0.4 is 16.4 Å². The Labute approximate surface area is 207 Å². The predicted molar refractivity (Wildman–Crippen MR) is 138 cm³/mol. The number of pyridine rings is 1. The van der Waals surface area contributed by atoms with Gasteiger partial charge in [-0.05, 0) is 23.8 Å². The van der Waals surface area contributed by atoms with Crippen LogP contribution in [0.5, 0.6) is 0 Å². The molecule has 36 heavy (non-hydrogen) atoms. The fourth-order valence-electron chi connectivity index (χ4n) is 4.37. The maximum Gasteiger partial charge on any atom is 0.229 e. The van der Waals surface area contributed by atoms with E-state index in [-0.39, 0.29) is 0 Å². The molecule has 5 heterocycles. The number of nitrogens with zero attached hydrogens (tertiary/aromatic N) is 8. The third-order valence-corrected chi connectivity index (χ3v) is 6.23. The summed E-state index contributed by atoms with van der Waals surface area (Å²) in [5.74, 6) is 1.71. The molecule has 0 radical (unpaired) electrons. The number of benzene rings is 1. The Hall–Kier alpha value is -4.51. The van der Waals surface area contributed by atoms with Gasteiger partial charge in [0.1, 0.15) is 5.82 Å². The monoisotopic (exact) mass is 482 g/mol. The lowest BCUT2D eigenvalue weighted by atomic mass is 10.1. The molecule has 1 fully saturated rings. The van der Waals surface area contributed by atoms with E-state index < -0.39 is 0 Å². The standard InChI is InChI=1S/C25H26N10O/c1-33-15-19(14-29-33)35-21(12-16-2-7-20(28-13-16)17-3-5-18(26)6-4-17)30-22-23(27)31-25(32-24(22)35)34-8-10-36-11-9-34/h2-7,13-15H,8-12,26H2,1H3,(H2,27,31,32). The largest absolute Gasteiger partial charge is 0.399 e. The first-order valence-corrected chi connectivity index (χ1v) is 11.7. The SMILES string of the molecule is Cn1cc(-n2c(Cc3ccc(-c4ccc(N)cc4)nc3)nc3c(N)nc(N4CCOCC4)nc32)cn1. The van der Waals surface area contributed by atoms with E-state index in [1.54, 1.807) is 10.9 Å². The lowest BCUT2D eigenvalue weighted by Gasteiger charge is -2.26. The molecule has 0 amide bonds. The second-order valence-corrected chi connectivity index (χ2v) is 8.77. The minimum absolute atomic E-state index is 0.349. The summed E-state index contributed by atoms with van der Waals surface area (Å²) < 4.78 is 9.23. The topological polar surface area (TPSA) is 139 Å². The van der Waals surface area contributed by atoms with Crippen LogP contribution in [0.25, 0.3) is 28.1 Å². The van der Waals surface area contributed by atoms with E-state index in [1.807, 2.05) is 54.3 Å². The van der Waals surface area contributed by atoms with E-state index in [0.29, 0.717) is 55.7 Å². The van der Waals surface area contributed by atoms with Gasteiger partial charge in [-0.2, -0.15) is 15.1 Å². The molecule has 1 aromatic carbocycles. The Balaban J connectivity index is 1.40. The van der Waals surface area contributed by atoms with E-state index in [0.717, 1.165) is 34.0 Å². The number of aryl methyl sites for hydroxylation is 1. The van der Waals surface area contributed by atoms with Crippen molar-refractivity contribution in [2.45, 2.75) is 6.42 Å². The van der Waals surface area contributed by atoms with Crippen LogP contribution in [-0.2, 0) is 18.2 Å². The van der Waals surface area contributed by atoms with Crippen LogP contribution in [0.1, 0.15) is 11.4 Å². The van der Waals surface area contributed by atoms with Crippen LogP contribution in [0.3, 0.4) is 0 Å². The number of morpholine rings is 1. The number of hydrogen-bond donors (Lipinski definition) is 2. The van der Waals surface area contributed by atoms with E-state index >= 15 is 0 Å². The van der Waals surface area contributed by atoms with Gasteiger partial charge in [-0.3, -0.25) is 14.2 Å². The van der Waals surface area contributed by atoms with Crippen LogP contribution in [0.4, 0.5) is 17.5 Å². The van der Waals surface area contributed by atoms with Crippen molar-refractivity contribution in [1.82, 2.24) is 34.3 Å². The van der Waals surface area contributed by atoms with Gasteiger partial charge in [0.2, 0.25) is 5.95 Å². The van der Waals surface area contributed by atoms with Gasteiger partial charge in [0.05, 0.1) is 30.8 Å². The highest BCUT2D eigenvalue weighted by Gasteiger charge is 2.22. The number of rotatable bonds is 5. The molecule has 0 aliphatic carbocycles. The molecular formula is C25H26N10O. The van der Waals surface area contributed by atoms with Gasteiger partial charge in [0, 0.05) is 50.2 Å². The maximum absolute atomic E-state index is 6.39. The number of nitrogens with two attached hydrogens (primary N) is 2. The molecule has 11 nitrogen and oxygen atoms in total. The van der Waals surface area contributed by atoms with Crippen molar-refractivity contribution >= 4 is 28.6 Å². The Morgan fingerprint density at radius 1 is 0.944 bits per heavy atom. The maximum atomic E-state index is 6.39. The fourth-order valence-corrected chi connectivity index (χ4v) is 4.37. The Kier molecular flexibility index (Phi) is 5.45. The molecule has 0 bridgehead atoms. The summed E-state index contributed by atoms with van der Waals surface area (Å²) in [7, 11) is 1.88. The smallest absolute Gasteiger partial charge is 0.229 e. The molecule has 1 aliphatic rings. The summed E-state index contributed by atoms with van der Waals surface area (Å²) in [6, 6.07) is 11.7. The predicted octanol–water partition coefficient (Wildman–Crippen LogP) is 2.20. The number of fused-ring (bicyclic) bond motifs is 1. The molecule has 4 aromatic heterocycles. The Morgan fingerprint density at radius 3 is 2.44 bits per heavy atom. The van der Waals surface area contributed by atoms with Crippen LogP contribution in [-0.4, -0.2) is 60.6 Å². The highest BCUT2D eigenvalue weighted by Crippen LogP contribution is 2.27. The zero-order chi connectivity index (χ0) is 24.6. The molecule has 11 heteroatoms. The third kappa shape index (κ3) is 4.09. The molecule has 0 unspecified atom stereocenters. The van der Waals surface area contributed by atoms with Crippen molar-refractivity contribution in [2.75, 3.05) is 42.7 Å². The van der Waals surface area contributed by atoms with Crippen LogP contribution in [0, 0.1) is 0 Å². The highest BCUT2D eigenvalue weighted by atomic mass is 16.5.